The minimum absolute atomic E-state index is 0.0260. The summed E-state index contributed by atoms with van der Waals surface area (Å²) in [5.41, 5.74) is 7.21. The molecule has 2 fully saturated rings. The summed E-state index contributed by atoms with van der Waals surface area (Å²) >= 11 is 0. The average molecular weight is 1060 g/mol. The molecule has 0 bridgehead atoms. The van der Waals surface area contributed by atoms with Crippen LogP contribution in [0.4, 0.5) is 13.6 Å². The minimum atomic E-state index is -0.762. The summed E-state index contributed by atoms with van der Waals surface area (Å²) in [6.45, 7) is 20.0. The van der Waals surface area contributed by atoms with Gasteiger partial charge in [0.1, 0.15) is 41.6 Å². The largest absolute Gasteiger partial charge is 0.488 e. The highest BCUT2D eigenvalue weighted by Gasteiger charge is 2.37. The molecule has 0 spiro atoms. The van der Waals surface area contributed by atoms with Crippen LogP contribution in [0.1, 0.15) is 84.3 Å². The molecule has 16 nitrogen and oxygen atoms in total. The average Bonchev–Trinajstić information content (AvgIpc) is 4.23. The molecule has 0 saturated carbocycles. The highest BCUT2D eigenvalue weighted by molar-refractivity contribution is 5.98. The second-order valence-corrected chi connectivity index (χ2v) is 22.7. The molecule has 2 unspecified atom stereocenters. The molecular formula is C59H70F2N8O8. The van der Waals surface area contributed by atoms with Gasteiger partial charge in [-0.15, -0.1) is 0 Å². The number of H-pyrrole nitrogens is 1. The maximum atomic E-state index is 15.1. The van der Waals surface area contributed by atoms with Crippen molar-refractivity contribution in [2.75, 3.05) is 80.9 Å². The van der Waals surface area contributed by atoms with E-state index in [0.29, 0.717) is 68.9 Å². The monoisotopic (exact) mass is 1060 g/mol. The van der Waals surface area contributed by atoms with Crippen LogP contribution in [0.3, 0.4) is 0 Å². The van der Waals surface area contributed by atoms with E-state index in [9.17, 15) is 9.18 Å². The highest BCUT2D eigenvalue weighted by Crippen LogP contribution is 2.44. The summed E-state index contributed by atoms with van der Waals surface area (Å²) in [4.78, 5) is 17.9. The number of likely N-dealkylation sites (tertiary alicyclic amines) is 2. The van der Waals surface area contributed by atoms with E-state index >= 15 is 4.39 Å². The van der Waals surface area contributed by atoms with Crippen LogP contribution in [0.15, 0.2) is 94.0 Å². The van der Waals surface area contributed by atoms with Gasteiger partial charge in [-0.2, -0.15) is 14.9 Å². The molecule has 0 radical (unpaired) electrons. The lowest BCUT2D eigenvalue weighted by Crippen LogP contribution is -2.42. The SMILES string of the molecule is COCCOc1cc2[nH]nc(-c3cc(-c4ccc(C5CCN(C)CC5(C)C)cc4)no3)c2cc1F.COCCOc1cc2c(cc1F)c(-c1cc(-c3ccc(C4CCN(C)CC4(C)C)cc3)no1)nn2C(=O)OC(C)(C)C. The summed E-state index contributed by atoms with van der Waals surface area (Å²) in [5, 5.41) is 21.2. The second-order valence-electron chi connectivity index (χ2n) is 22.7. The first kappa shape index (κ1) is 54.8. The van der Waals surface area contributed by atoms with Crippen LogP contribution >= 0.6 is 0 Å². The molecule has 408 valence electrons. The van der Waals surface area contributed by atoms with Crippen molar-refractivity contribution in [2.45, 2.75) is 78.7 Å². The van der Waals surface area contributed by atoms with Crippen molar-refractivity contribution in [3.63, 3.8) is 0 Å². The number of rotatable bonds is 14. The number of nitrogens with one attached hydrogen (secondary N) is 1. The molecule has 4 aromatic carbocycles. The number of ether oxygens (including phenoxy) is 5. The number of nitrogens with zero attached hydrogens (tertiary/aromatic N) is 7. The smallest absolute Gasteiger partial charge is 0.435 e. The van der Waals surface area contributed by atoms with Crippen molar-refractivity contribution in [3.05, 3.63) is 108 Å². The lowest BCUT2D eigenvalue weighted by atomic mass is 9.70. The van der Waals surface area contributed by atoms with Crippen LogP contribution < -0.4 is 9.47 Å². The summed E-state index contributed by atoms with van der Waals surface area (Å²) in [5.74, 6) is 0.813. The topological polar surface area (TPSA) is 168 Å². The van der Waals surface area contributed by atoms with Crippen LogP contribution in [0, 0.1) is 22.5 Å². The van der Waals surface area contributed by atoms with Crippen molar-refractivity contribution < 1.29 is 46.3 Å². The number of hydrogen-bond acceptors (Lipinski definition) is 14. The summed E-state index contributed by atoms with van der Waals surface area (Å²) < 4.78 is 68.6. The van der Waals surface area contributed by atoms with E-state index in [1.54, 1.807) is 40.0 Å². The number of methoxy groups -OCH3 is 2. The molecular weight excluding hydrogens is 987 g/mol. The molecule has 77 heavy (non-hydrogen) atoms. The zero-order valence-electron chi connectivity index (χ0n) is 46.0. The Bertz CT molecular complexity index is 3320. The maximum Gasteiger partial charge on any atom is 0.435 e. The van der Waals surface area contributed by atoms with E-state index in [4.69, 9.17) is 32.7 Å². The lowest BCUT2D eigenvalue weighted by molar-refractivity contribution is 0.0523. The van der Waals surface area contributed by atoms with Crippen LogP contribution in [-0.2, 0) is 14.2 Å². The van der Waals surface area contributed by atoms with Crippen molar-refractivity contribution in [3.8, 4) is 56.9 Å². The Morgan fingerprint density at radius 2 is 1.16 bits per heavy atom. The van der Waals surface area contributed by atoms with Gasteiger partial charge in [0, 0.05) is 73.5 Å². The third-order valence-corrected chi connectivity index (χ3v) is 14.6. The van der Waals surface area contributed by atoms with Gasteiger partial charge in [-0.25, -0.2) is 13.6 Å². The molecule has 2 saturated heterocycles. The van der Waals surface area contributed by atoms with Gasteiger partial charge in [0.25, 0.3) is 0 Å². The molecule has 4 aromatic heterocycles. The number of hydrogen-bond donors (Lipinski definition) is 1. The number of benzene rings is 4. The second kappa shape index (κ2) is 22.5. The summed E-state index contributed by atoms with van der Waals surface area (Å²) in [6, 6.07) is 26.3. The molecule has 1 N–H and O–H groups in total. The number of fused-ring (bicyclic) bond motifs is 2. The molecule has 2 aliphatic heterocycles. The lowest BCUT2D eigenvalue weighted by Gasteiger charge is -2.43. The Morgan fingerprint density at radius 1 is 0.675 bits per heavy atom. The number of aromatic nitrogens is 6. The number of piperidine rings is 2. The number of carbonyl (C=O) groups excluding carboxylic acids is 1. The van der Waals surface area contributed by atoms with Crippen molar-refractivity contribution in [1.29, 1.82) is 0 Å². The third kappa shape index (κ3) is 12.3. The molecule has 6 heterocycles. The van der Waals surface area contributed by atoms with Crippen LogP contribution in [0.5, 0.6) is 11.5 Å². The van der Waals surface area contributed by atoms with Gasteiger partial charge >= 0.3 is 6.09 Å². The molecule has 18 heteroatoms. The molecule has 0 amide bonds. The molecule has 0 aliphatic carbocycles. The zero-order valence-corrected chi connectivity index (χ0v) is 46.0. The van der Waals surface area contributed by atoms with E-state index in [-0.39, 0.29) is 47.8 Å². The Morgan fingerprint density at radius 3 is 1.64 bits per heavy atom. The Balaban J connectivity index is 0.000000191. The summed E-state index contributed by atoms with van der Waals surface area (Å²) in [6.07, 6.45) is 1.55. The quantitative estimate of drug-likeness (QED) is 0.102. The molecule has 2 atom stereocenters. The normalized spacial score (nSPS) is 17.8. The van der Waals surface area contributed by atoms with Crippen molar-refractivity contribution in [2.24, 2.45) is 10.8 Å². The fourth-order valence-electron chi connectivity index (χ4n) is 10.9. The first-order chi connectivity index (χ1) is 36.7. The summed E-state index contributed by atoms with van der Waals surface area (Å²) in [7, 11) is 7.46. The van der Waals surface area contributed by atoms with E-state index in [1.165, 1.54) is 36.4 Å². The van der Waals surface area contributed by atoms with E-state index in [1.807, 2.05) is 18.2 Å². The van der Waals surface area contributed by atoms with E-state index in [2.05, 4.69) is 114 Å². The number of carbonyl (C=O) groups is 1. The Labute approximate surface area is 447 Å². The maximum absolute atomic E-state index is 15.1. The minimum Gasteiger partial charge on any atom is -0.488 e. The fourth-order valence-corrected chi connectivity index (χ4v) is 10.9. The van der Waals surface area contributed by atoms with E-state index < -0.39 is 23.3 Å². The third-order valence-electron chi connectivity index (χ3n) is 14.6. The van der Waals surface area contributed by atoms with Gasteiger partial charge in [-0.05, 0) is 107 Å². The van der Waals surface area contributed by atoms with Crippen molar-refractivity contribution in [1.82, 2.24) is 40.1 Å². The standard InChI is InChI=1S/C32H39FN4O5.C27H31FN4O3/c1-31(2,3)41-30(38)37-26-18-27(40-15-14-39-7)24(33)16-22(26)29(34-37)28-17-25(35-42-28)21-10-8-20(9-11-21)23-12-13-36(6)19-32(23,4)5;1-27(2)16-32(3)10-9-20(27)17-5-7-18(8-6-17)22-14-25(35-31-22)26-19-13-21(28)24(34-12-11-33-4)15-23(19)29-30-26/h8-11,16-18,23H,12-15,19H2,1-7H3;5-8,13-15,20H,9-12,16H2,1-4H3,(H,29,30). The number of aromatic amines is 1. The predicted molar refractivity (Wildman–Crippen MR) is 291 cm³/mol. The van der Waals surface area contributed by atoms with Gasteiger partial charge in [-0.1, -0.05) is 86.5 Å². The van der Waals surface area contributed by atoms with E-state index in [0.717, 1.165) is 54.8 Å². The van der Waals surface area contributed by atoms with Gasteiger partial charge in [0.05, 0.1) is 24.2 Å². The molecule has 2 aliphatic rings. The van der Waals surface area contributed by atoms with Gasteiger partial charge < -0.3 is 42.5 Å². The van der Waals surface area contributed by atoms with Crippen LogP contribution in [0.25, 0.3) is 67.2 Å². The Kier molecular flexibility index (Phi) is 16.0. The number of halogens is 2. The van der Waals surface area contributed by atoms with Crippen molar-refractivity contribution >= 4 is 27.9 Å². The van der Waals surface area contributed by atoms with Gasteiger partial charge in [0.2, 0.25) is 0 Å². The first-order valence-corrected chi connectivity index (χ1v) is 26.1. The molecule has 10 rings (SSSR count). The highest BCUT2D eigenvalue weighted by atomic mass is 19.1. The van der Waals surface area contributed by atoms with Gasteiger partial charge in [0.15, 0.2) is 34.7 Å². The zero-order chi connectivity index (χ0) is 54.8. The van der Waals surface area contributed by atoms with Gasteiger partial charge in [-0.3, -0.25) is 5.10 Å². The van der Waals surface area contributed by atoms with Crippen LogP contribution in [-0.4, -0.2) is 133 Å². The first-order valence-electron chi connectivity index (χ1n) is 26.1. The Hall–Kier alpha value is -6.99. The van der Waals surface area contributed by atoms with Crippen LogP contribution in [0.2, 0.25) is 0 Å². The fraction of sp³-hybridized carbons (Fsp3) is 0.441. The predicted octanol–water partition coefficient (Wildman–Crippen LogP) is 12.2. The molecule has 8 aromatic rings.